The Labute approximate surface area is 106 Å². The van der Waals surface area contributed by atoms with Gasteiger partial charge in [-0.3, -0.25) is 0 Å². The van der Waals surface area contributed by atoms with Gasteiger partial charge in [-0.25, -0.2) is 4.39 Å². The highest BCUT2D eigenvalue weighted by Crippen LogP contribution is 2.23. The van der Waals surface area contributed by atoms with Crippen molar-refractivity contribution in [3.05, 3.63) is 66.0 Å². The van der Waals surface area contributed by atoms with Crippen LogP contribution in [0.4, 0.5) is 10.1 Å². The van der Waals surface area contributed by atoms with Crippen LogP contribution in [0.5, 0.6) is 0 Å². The molecule has 92 valence electrons. The summed E-state index contributed by atoms with van der Waals surface area (Å²) in [5, 5.41) is 0. The molecule has 0 bridgehead atoms. The van der Waals surface area contributed by atoms with Gasteiger partial charge in [0.25, 0.3) is 0 Å². The van der Waals surface area contributed by atoms with E-state index in [1.165, 1.54) is 12.1 Å². The lowest BCUT2D eigenvalue weighted by Gasteiger charge is -2.14. The minimum absolute atomic E-state index is 0.0711. The molecule has 0 aliphatic carbocycles. The molecule has 0 aliphatic rings. The third kappa shape index (κ3) is 3.34. The first-order valence-corrected chi connectivity index (χ1v) is 5.36. The van der Waals surface area contributed by atoms with Gasteiger partial charge < -0.3 is 11.5 Å². The molecule has 0 heterocycles. The maximum atomic E-state index is 13.1. The molecule has 1 unspecified atom stereocenters. The highest BCUT2D eigenvalue weighted by molar-refractivity contribution is 5.46. The minimum atomic E-state index is -0.459. The summed E-state index contributed by atoms with van der Waals surface area (Å²) in [5.74, 6) is 1.93. The monoisotopic (exact) mass is 242 g/mol. The van der Waals surface area contributed by atoms with Gasteiger partial charge >= 0.3 is 0 Å². The van der Waals surface area contributed by atoms with Crippen molar-refractivity contribution in [2.24, 2.45) is 5.73 Å². The second-order valence-electron chi connectivity index (χ2n) is 3.66. The Morgan fingerprint density at radius 2 is 2.22 bits per heavy atom. The Morgan fingerprint density at radius 1 is 1.50 bits per heavy atom. The third-order valence-corrected chi connectivity index (χ3v) is 2.42. The standard InChI is InChI=1S/C15H15FN2/c1-3-5-7-11(6-4-2)15(18)12-8-9-13(16)14(17)10-12/h1,4-10,15H,2,17-18H2/b7-5-,11-6+. The van der Waals surface area contributed by atoms with E-state index in [1.54, 1.807) is 30.4 Å². The minimum Gasteiger partial charge on any atom is -0.396 e. The van der Waals surface area contributed by atoms with Gasteiger partial charge in [0.1, 0.15) is 5.82 Å². The van der Waals surface area contributed by atoms with Gasteiger partial charge in [0, 0.05) is 0 Å². The molecule has 0 spiro atoms. The van der Waals surface area contributed by atoms with Crippen LogP contribution in [0.15, 0.2) is 54.7 Å². The molecule has 1 aromatic rings. The topological polar surface area (TPSA) is 52.0 Å². The number of hydrogen-bond acceptors (Lipinski definition) is 2. The molecule has 0 aliphatic heterocycles. The number of nitrogens with two attached hydrogens (primary N) is 2. The first kappa shape index (κ1) is 13.8. The number of allylic oxidation sites excluding steroid dienone is 3. The van der Waals surface area contributed by atoms with E-state index in [0.717, 1.165) is 5.57 Å². The van der Waals surface area contributed by atoms with Gasteiger partial charge in [0.05, 0.1) is 11.7 Å². The van der Waals surface area contributed by atoms with E-state index in [0.29, 0.717) is 5.56 Å². The van der Waals surface area contributed by atoms with Gasteiger partial charge in [-0.05, 0) is 35.4 Å². The number of rotatable bonds is 4. The van der Waals surface area contributed by atoms with Crippen molar-refractivity contribution in [3.63, 3.8) is 0 Å². The molecule has 2 nitrogen and oxygen atoms in total. The second kappa shape index (κ2) is 6.43. The van der Waals surface area contributed by atoms with Gasteiger partial charge in [-0.15, -0.1) is 6.42 Å². The second-order valence-corrected chi connectivity index (χ2v) is 3.66. The fourth-order valence-corrected chi connectivity index (χ4v) is 1.49. The van der Waals surface area contributed by atoms with Crippen molar-refractivity contribution in [3.8, 4) is 12.3 Å². The molecule has 0 radical (unpaired) electrons. The summed E-state index contributed by atoms with van der Waals surface area (Å²) < 4.78 is 13.1. The number of nitrogen functional groups attached to an aromatic ring is 1. The number of hydrogen-bond donors (Lipinski definition) is 2. The van der Waals surface area contributed by atoms with Crippen LogP contribution < -0.4 is 11.5 Å². The van der Waals surface area contributed by atoms with Crippen molar-refractivity contribution in [2.75, 3.05) is 5.73 Å². The lowest BCUT2D eigenvalue weighted by molar-refractivity contribution is 0.631. The summed E-state index contributed by atoms with van der Waals surface area (Å²) in [4.78, 5) is 0. The first-order chi connectivity index (χ1) is 8.60. The molecule has 0 aromatic heterocycles. The summed E-state index contributed by atoms with van der Waals surface area (Å²) in [5.41, 5.74) is 13.1. The molecule has 0 saturated heterocycles. The summed E-state index contributed by atoms with van der Waals surface area (Å²) in [6.07, 6.45) is 11.8. The third-order valence-electron chi connectivity index (χ3n) is 2.42. The fraction of sp³-hybridized carbons (Fsp3) is 0.0667. The Kier molecular flexibility index (Phi) is 4.91. The quantitative estimate of drug-likeness (QED) is 0.484. The van der Waals surface area contributed by atoms with Crippen LogP contribution in [0.1, 0.15) is 11.6 Å². The van der Waals surface area contributed by atoms with Crippen LogP contribution in [0.25, 0.3) is 0 Å². The van der Waals surface area contributed by atoms with Gasteiger partial charge in [0.15, 0.2) is 0 Å². The van der Waals surface area contributed by atoms with Gasteiger partial charge in [-0.1, -0.05) is 30.7 Å². The van der Waals surface area contributed by atoms with E-state index >= 15 is 0 Å². The average molecular weight is 242 g/mol. The zero-order valence-corrected chi connectivity index (χ0v) is 9.94. The fourth-order valence-electron chi connectivity index (χ4n) is 1.49. The molecule has 4 N–H and O–H groups in total. The predicted molar refractivity (Wildman–Crippen MR) is 74.0 cm³/mol. The number of terminal acetylenes is 1. The number of halogens is 1. The highest BCUT2D eigenvalue weighted by Gasteiger charge is 2.10. The summed E-state index contributed by atoms with van der Waals surface area (Å²) >= 11 is 0. The molecule has 0 fully saturated rings. The Hall–Kier alpha value is -2.31. The molecule has 1 aromatic carbocycles. The van der Waals surface area contributed by atoms with Crippen LogP contribution in [0.2, 0.25) is 0 Å². The SMILES string of the molecule is C#C/C=C\C(=C/C=C)C(N)c1ccc(F)c(N)c1. The van der Waals surface area contributed by atoms with E-state index < -0.39 is 11.9 Å². The normalized spacial score (nSPS) is 13.3. The summed E-state index contributed by atoms with van der Waals surface area (Å²) in [6.45, 7) is 3.61. The zero-order valence-electron chi connectivity index (χ0n) is 9.94. The van der Waals surface area contributed by atoms with Crippen molar-refractivity contribution < 1.29 is 4.39 Å². The molecule has 1 rings (SSSR count). The van der Waals surface area contributed by atoms with Crippen molar-refractivity contribution in [1.29, 1.82) is 0 Å². The lowest BCUT2D eigenvalue weighted by atomic mass is 9.98. The largest absolute Gasteiger partial charge is 0.396 e. The van der Waals surface area contributed by atoms with Gasteiger partial charge in [0.2, 0.25) is 0 Å². The smallest absolute Gasteiger partial charge is 0.146 e. The zero-order chi connectivity index (χ0) is 13.5. The van der Waals surface area contributed by atoms with Crippen molar-refractivity contribution >= 4 is 5.69 Å². The molecular weight excluding hydrogens is 227 g/mol. The van der Waals surface area contributed by atoms with Crippen LogP contribution in [-0.2, 0) is 0 Å². The van der Waals surface area contributed by atoms with E-state index in [9.17, 15) is 4.39 Å². The Bertz CT molecular complexity index is 536. The van der Waals surface area contributed by atoms with E-state index in [4.69, 9.17) is 17.9 Å². The number of anilines is 1. The maximum Gasteiger partial charge on any atom is 0.146 e. The first-order valence-electron chi connectivity index (χ1n) is 5.36. The Balaban J connectivity index is 3.10. The van der Waals surface area contributed by atoms with Crippen LogP contribution >= 0.6 is 0 Å². The van der Waals surface area contributed by atoms with E-state index in [-0.39, 0.29) is 5.69 Å². The predicted octanol–water partition coefficient (Wildman–Crippen LogP) is 2.71. The Morgan fingerprint density at radius 3 is 2.78 bits per heavy atom. The molecule has 0 saturated carbocycles. The van der Waals surface area contributed by atoms with Crippen molar-refractivity contribution in [2.45, 2.75) is 6.04 Å². The van der Waals surface area contributed by atoms with E-state index in [1.807, 2.05) is 0 Å². The summed E-state index contributed by atoms with van der Waals surface area (Å²) in [6, 6.07) is 3.97. The lowest BCUT2D eigenvalue weighted by Crippen LogP contribution is -2.12. The molecule has 18 heavy (non-hydrogen) atoms. The maximum absolute atomic E-state index is 13.1. The average Bonchev–Trinajstić information content (AvgIpc) is 2.37. The molecule has 0 amide bonds. The van der Waals surface area contributed by atoms with Crippen LogP contribution in [0, 0.1) is 18.2 Å². The van der Waals surface area contributed by atoms with Crippen LogP contribution in [-0.4, -0.2) is 0 Å². The summed E-state index contributed by atoms with van der Waals surface area (Å²) in [7, 11) is 0. The van der Waals surface area contributed by atoms with Crippen molar-refractivity contribution in [1.82, 2.24) is 0 Å². The number of benzene rings is 1. The highest BCUT2D eigenvalue weighted by atomic mass is 19.1. The molecular formula is C15H15FN2. The molecule has 3 heteroatoms. The van der Waals surface area contributed by atoms with Gasteiger partial charge in [-0.2, -0.15) is 0 Å². The molecule has 1 atom stereocenters. The van der Waals surface area contributed by atoms with E-state index in [2.05, 4.69) is 12.5 Å². The van der Waals surface area contributed by atoms with Crippen LogP contribution in [0.3, 0.4) is 0 Å².